The van der Waals surface area contributed by atoms with E-state index in [4.69, 9.17) is 0 Å². The molecule has 0 saturated carbocycles. The van der Waals surface area contributed by atoms with E-state index in [0.29, 0.717) is 32.5 Å². The number of nitrogens with zero attached hydrogens (tertiary/aromatic N) is 4. The number of likely N-dealkylation sites (tertiary alicyclic amines) is 1. The molecule has 0 radical (unpaired) electrons. The van der Waals surface area contributed by atoms with Crippen molar-refractivity contribution in [2.45, 2.75) is 18.4 Å². The molecule has 2 aliphatic heterocycles. The molecule has 3 rings (SSSR count). The number of piperazine rings is 1. The van der Waals surface area contributed by atoms with Gasteiger partial charge in [-0.1, -0.05) is 6.07 Å². The number of hydrogen-bond donors (Lipinski definition) is 1. The second-order valence-electron chi connectivity index (χ2n) is 6.91. The molecule has 0 unspecified atom stereocenters. The molecule has 6 heteroatoms. The van der Waals surface area contributed by atoms with Crippen LogP contribution in [0.2, 0.25) is 0 Å². The van der Waals surface area contributed by atoms with Crippen LogP contribution in [-0.2, 0) is 11.2 Å². The molecule has 0 aromatic carbocycles. The van der Waals surface area contributed by atoms with Gasteiger partial charge >= 0.3 is 0 Å². The Hall–Kier alpha value is -1.50. The number of aliphatic hydroxyl groups is 1. The summed E-state index contributed by atoms with van der Waals surface area (Å²) in [4.78, 5) is 22.9. The van der Waals surface area contributed by atoms with E-state index in [1.165, 1.54) is 0 Å². The molecule has 3 heterocycles. The quantitative estimate of drug-likeness (QED) is 0.836. The Balaban J connectivity index is 1.51. The van der Waals surface area contributed by atoms with Gasteiger partial charge in [-0.05, 0) is 25.1 Å². The lowest BCUT2D eigenvalue weighted by Crippen LogP contribution is -2.52. The molecule has 6 nitrogen and oxygen atoms in total. The van der Waals surface area contributed by atoms with Crippen LogP contribution in [0.5, 0.6) is 0 Å². The zero-order valence-electron chi connectivity index (χ0n) is 13.8. The Morgan fingerprint density at radius 3 is 2.78 bits per heavy atom. The smallest absolute Gasteiger partial charge is 0.227 e. The van der Waals surface area contributed by atoms with Gasteiger partial charge in [0.05, 0.1) is 18.6 Å². The second-order valence-corrected chi connectivity index (χ2v) is 6.91. The van der Waals surface area contributed by atoms with Gasteiger partial charge in [0.1, 0.15) is 0 Å². The largest absolute Gasteiger partial charge is 0.387 e. The maximum Gasteiger partial charge on any atom is 0.227 e. The summed E-state index contributed by atoms with van der Waals surface area (Å²) in [5, 5.41) is 10.8. The van der Waals surface area contributed by atoms with Crippen LogP contribution in [0, 0.1) is 0 Å². The van der Waals surface area contributed by atoms with Crippen LogP contribution in [0.25, 0.3) is 0 Å². The number of carbonyl (C=O) groups is 1. The van der Waals surface area contributed by atoms with E-state index in [-0.39, 0.29) is 5.91 Å². The van der Waals surface area contributed by atoms with Gasteiger partial charge in [-0.3, -0.25) is 14.7 Å². The highest BCUT2D eigenvalue weighted by molar-refractivity contribution is 5.79. The van der Waals surface area contributed by atoms with Gasteiger partial charge in [0.2, 0.25) is 5.91 Å². The zero-order chi connectivity index (χ0) is 16.3. The van der Waals surface area contributed by atoms with E-state index in [9.17, 15) is 9.90 Å². The van der Waals surface area contributed by atoms with Gasteiger partial charge < -0.3 is 14.9 Å². The third-order valence-corrected chi connectivity index (χ3v) is 4.88. The van der Waals surface area contributed by atoms with Gasteiger partial charge in [0.15, 0.2) is 0 Å². The van der Waals surface area contributed by atoms with Crippen molar-refractivity contribution in [2.75, 3.05) is 52.9 Å². The molecule has 2 aliphatic rings. The maximum absolute atomic E-state index is 12.4. The number of carbonyl (C=O) groups excluding carboxylic acids is 1. The summed E-state index contributed by atoms with van der Waals surface area (Å²) in [5.74, 6) is 0.0762. The number of rotatable bonds is 4. The first-order valence-corrected chi connectivity index (χ1v) is 8.34. The first-order chi connectivity index (χ1) is 11.0. The van der Waals surface area contributed by atoms with Crippen LogP contribution >= 0.6 is 0 Å². The van der Waals surface area contributed by atoms with Gasteiger partial charge in [0, 0.05) is 51.7 Å². The topological polar surface area (TPSA) is 59.9 Å². The summed E-state index contributed by atoms with van der Waals surface area (Å²) in [7, 11) is 2.13. The fourth-order valence-electron chi connectivity index (χ4n) is 3.41. The molecule has 126 valence electrons. The average Bonchev–Trinajstić information content (AvgIpc) is 2.93. The molecule has 1 aromatic rings. The zero-order valence-corrected chi connectivity index (χ0v) is 13.8. The lowest BCUT2D eigenvalue weighted by molar-refractivity contribution is -0.130. The standard InChI is InChI=1S/C17H26N4O2/c1-19-7-9-20(10-8-19)13-17(23)4-6-21(14-17)16(22)11-15-3-2-5-18-12-15/h2-3,5,12,23H,4,6-11,13-14H2,1H3/t17-/m0/s1. The minimum Gasteiger partial charge on any atom is -0.387 e. The van der Waals surface area contributed by atoms with Crippen molar-refractivity contribution in [3.63, 3.8) is 0 Å². The van der Waals surface area contributed by atoms with Crippen molar-refractivity contribution in [2.24, 2.45) is 0 Å². The molecule has 0 bridgehead atoms. The van der Waals surface area contributed by atoms with Crippen molar-refractivity contribution in [1.29, 1.82) is 0 Å². The molecule has 0 aliphatic carbocycles. The highest BCUT2D eigenvalue weighted by Gasteiger charge is 2.39. The van der Waals surface area contributed by atoms with Gasteiger partial charge in [-0.15, -0.1) is 0 Å². The van der Waals surface area contributed by atoms with Crippen LogP contribution in [0.1, 0.15) is 12.0 Å². The molecular formula is C17H26N4O2. The molecule has 1 amide bonds. The predicted molar refractivity (Wildman–Crippen MR) is 88.0 cm³/mol. The third kappa shape index (κ3) is 4.28. The number of β-amino-alcohol motifs (C(OH)–C–C–N with tert-alkyl or cyclic N) is 1. The summed E-state index contributed by atoms with van der Waals surface area (Å²) < 4.78 is 0. The lowest BCUT2D eigenvalue weighted by Gasteiger charge is -2.36. The summed E-state index contributed by atoms with van der Waals surface area (Å²) >= 11 is 0. The van der Waals surface area contributed by atoms with Crippen LogP contribution in [0.4, 0.5) is 0 Å². The minimum absolute atomic E-state index is 0.0762. The Labute approximate surface area is 137 Å². The van der Waals surface area contributed by atoms with E-state index in [0.717, 1.165) is 31.7 Å². The Morgan fingerprint density at radius 2 is 2.09 bits per heavy atom. The molecule has 2 saturated heterocycles. The van der Waals surface area contributed by atoms with E-state index < -0.39 is 5.60 Å². The van der Waals surface area contributed by atoms with E-state index in [1.54, 1.807) is 17.3 Å². The van der Waals surface area contributed by atoms with Crippen molar-refractivity contribution < 1.29 is 9.90 Å². The van der Waals surface area contributed by atoms with Crippen LogP contribution in [0.15, 0.2) is 24.5 Å². The van der Waals surface area contributed by atoms with Crippen LogP contribution in [-0.4, -0.2) is 89.2 Å². The molecule has 1 N–H and O–H groups in total. The third-order valence-electron chi connectivity index (χ3n) is 4.88. The van der Waals surface area contributed by atoms with Crippen molar-refractivity contribution in [3.8, 4) is 0 Å². The normalized spacial score (nSPS) is 26.6. The van der Waals surface area contributed by atoms with E-state index in [1.807, 2.05) is 12.1 Å². The Morgan fingerprint density at radius 1 is 1.30 bits per heavy atom. The number of hydrogen-bond acceptors (Lipinski definition) is 5. The van der Waals surface area contributed by atoms with E-state index in [2.05, 4.69) is 21.8 Å². The molecule has 2 fully saturated rings. The van der Waals surface area contributed by atoms with Gasteiger partial charge in [-0.2, -0.15) is 0 Å². The van der Waals surface area contributed by atoms with Crippen LogP contribution < -0.4 is 0 Å². The summed E-state index contributed by atoms with van der Waals surface area (Å²) in [6.07, 6.45) is 4.46. The predicted octanol–water partition coefficient (Wildman–Crippen LogP) is -0.165. The monoisotopic (exact) mass is 318 g/mol. The first-order valence-electron chi connectivity index (χ1n) is 8.34. The molecule has 0 spiro atoms. The van der Waals surface area contributed by atoms with Gasteiger partial charge in [0.25, 0.3) is 0 Å². The summed E-state index contributed by atoms with van der Waals surface area (Å²) in [5.41, 5.74) is 0.160. The van der Waals surface area contributed by atoms with Crippen molar-refractivity contribution >= 4 is 5.91 Å². The minimum atomic E-state index is -0.763. The number of amides is 1. The van der Waals surface area contributed by atoms with E-state index >= 15 is 0 Å². The first kappa shape index (κ1) is 16.4. The molecule has 23 heavy (non-hydrogen) atoms. The lowest BCUT2D eigenvalue weighted by atomic mass is 10.0. The number of pyridine rings is 1. The summed E-state index contributed by atoms with van der Waals surface area (Å²) in [6, 6.07) is 3.76. The molecule has 1 atom stereocenters. The summed E-state index contributed by atoms with van der Waals surface area (Å²) in [6.45, 7) is 5.81. The Kier molecular flexibility index (Phi) is 4.94. The van der Waals surface area contributed by atoms with Gasteiger partial charge in [-0.25, -0.2) is 0 Å². The van der Waals surface area contributed by atoms with Crippen LogP contribution in [0.3, 0.4) is 0 Å². The highest BCUT2D eigenvalue weighted by atomic mass is 16.3. The average molecular weight is 318 g/mol. The van der Waals surface area contributed by atoms with Crippen molar-refractivity contribution in [3.05, 3.63) is 30.1 Å². The second kappa shape index (κ2) is 6.95. The maximum atomic E-state index is 12.4. The number of likely N-dealkylation sites (N-methyl/N-ethyl adjacent to an activating group) is 1. The SMILES string of the molecule is CN1CCN(C[C@@]2(O)CCN(C(=O)Cc3cccnc3)C2)CC1. The molecule has 1 aromatic heterocycles. The fraction of sp³-hybridized carbons (Fsp3) is 0.647. The van der Waals surface area contributed by atoms with Crippen molar-refractivity contribution in [1.82, 2.24) is 19.7 Å². The highest BCUT2D eigenvalue weighted by Crippen LogP contribution is 2.23. The number of aromatic nitrogens is 1. The Bertz CT molecular complexity index is 531. The fourth-order valence-corrected chi connectivity index (χ4v) is 3.41. The molecular weight excluding hydrogens is 292 g/mol.